The Balaban J connectivity index is 1.44. The molecule has 0 saturated carbocycles. The number of hydrogen-bond donors (Lipinski definition) is 1. The molecule has 3 rings (SSSR count). The summed E-state index contributed by atoms with van der Waals surface area (Å²) in [5.41, 5.74) is 3.36. The predicted molar refractivity (Wildman–Crippen MR) is 111 cm³/mol. The van der Waals surface area contributed by atoms with E-state index in [9.17, 15) is 4.79 Å². The lowest BCUT2D eigenvalue weighted by Crippen LogP contribution is -2.48. The van der Waals surface area contributed by atoms with Gasteiger partial charge in [-0.3, -0.25) is 14.6 Å². The second kappa shape index (κ2) is 8.78. The number of piperazine rings is 1. The second-order valence-corrected chi connectivity index (χ2v) is 7.79. The molecule has 0 radical (unpaired) electrons. The summed E-state index contributed by atoms with van der Waals surface area (Å²) >= 11 is 2.28. The van der Waals surface area contributed by atoms with E-state index in [1.807, 2.05) is 19.1 Å². The number of halogens is 1. The van der Waals surface area contributed by atoms with Gasteiger partial charge in [-0.05, 0) is 58.8 Å². The second-order valence-electron chi connectivity index (χ2n) is 6.55. The Labute approximate surface area is 163 Å². The molecule has 1 fully saturated rings. The van der Waals surface area contributed by atoms with Gasteiger partial charge < -0.3 is 5.32 Å². The van der Waals surface area contributed by atoms with Gasteiger partial charge in [0.05, 0.1) is 6.54 Å². The molecular weight excluding hydrogens is 425 g/mol. The van der Waals surface area contributed by atoms with Crippen LogP contribution in [0.2, 0.25) is 0 Å². The van der Waals surface area contributed by atoms with Crippen molar-refractivity contribution in [3.8, 4) is 0 Å². The van der Waals surface area contributed by atoms with E-state index in [0.29, 0.717) is 6.54 Å². The molecule has 0 aromatic heterocycles. The molecule has 2 aromatic rings. The Morgan fingerprint density at radius 2 is 1.72 bits per heavy atom. The van der Waals surface area contributed by atoms with Gasteiger partial charge in [0, 0.05) is 42.0 Å². The number of benzene rings is 2. The lowest BCUT2D eigenvalue weighted by atomic mass is 10.2. The molecule has 132 valence electrons. The van der Waals surface area contributed by atoms with Crippen LogP contribution in [0.3, 0.4) is 0 Å². The van der Waals surface area contributed by atoms with Crippen molar-refractivity contribution >= 4 is 34.2 Å². The minimum absolute atomic E-state index is 0.0702. The van der Waals surface area contributed by atoms with Crippen LogP contribution in [0, 0.1) is 10.5 Å². The largest absolute Gasteiger partial charge is 0.325 e. The molecule has 0 spiro atoms. The first-order valence-electron chi connectivity index (χ1n) is 8.65. The van der Waals surface area contributed by atoms with E-state index >= 15 is 0 Å². The van der Waals surface area contributed by atoms with Crippen molar-refractivity contribution in [2.45, 2.75) is 13.5 Å². The number of aryl methyl sites for hydroxylation is 1. The summed E-state index contributed by atoms with van der Waals surface area (Å²) in [6, 6.07) is 16.6. The van der Waals surface area contributed by atoms with Crippen molar-refractivity contribution in [2.24, 2.45) is 0 Å². The fraction of sp³-hybridized carbons (Fsp3) is 0.350. The van der Waals surface area contributed by atoms with Crippen molar-refractivity contribution in [3.05, 3.63) is 63.2 Å². The standard InChI is InChI=1S/C20H24IN3O/c1-16-13-18(21)7-8-19(16)22-20(25)15-24-11-9-23(10-12-24)14-17-5-3-2-4-6-17/h2-8,13H,9-12,14-15H2,1H3,(H,22,25). The van der Waals surface area contributed by atoms with E-state index in [1.165, 1.54) is 9.13 Å². The summed E-state index contributed by atoms with van der Waals surface area (Å²) in [5.74, 6) is 0.0702. The Morgan fingerprint density at radius 3 is 2.40 bits per heavy atom. The van der Waals surface area contributed by atoms with Gasteiger partial charge in [-0.25, -0.2) is 0 Å². The van der Waals surface area contributed by atoms with Gasteiger partial charge in [0.1, 0.15) is 0 Å². The molecule has 1 aliphatic rings. The summed E-state index contributed by atoms with van der Waals surface area (Å²) in [6.45, 7) is 7.36. The Hall–Kier alpha value is -1.44. The maximum absolute atomic E-state index is 12.3. The lowest BCUT2D eigenvalue weighted by molar-refractivity contribution is -0.117. The third-order valence-electron chi connectivity index (χ3n) is 4.54. The van der Waals surface area contributed by atoms with Crippen molar-refractivity contribution < 1.29 is 4.79 Å². The number of nitrogens with zero attached hydrogens (tertiary/aromatic N) is 2. The number of hydrogen-bond acceptors (Lipinski definition) is 3. The first-order chi connectivity index (χ1) is 12.1. The van der Waals surface area contributed by atoms with Gasteiger partial charge in [0.2, 0.25) is 5.91 Å². The molecule has 0 aliphatic carbocycles. The lowest BCUT2D eigenvalue weighted by Gasteiger charge is -2.34. The summed E-state index contributed by atoms with van der Waals surface area (Å²) in [5, 5.41) is 3.04. The number of anilines is 1. The molecule has 1 heterocycles. The Morgan fingerprint density at radius 1 is 1.04 bits per heavy atom. The van der Waals surface area contributed by atoms with Gasteiger partial charge in [0.25, 0.3) is 0 Å². The van der Waals surface area contributed by atoms with Crippen LogP contribution < -0.4 is 5.32 Å². The third-order valence-corrected chi connectivity index (χ3v) is 5.21. The highest BCUT2D eigenvalue weighted by atomic mass is 127. The van der Waals surface area contributed by atoms with Gasteiger partial charge in [0.15, 0.2) is 0 Å². The first-order valence-corrected chi connectivity index (χ1v) is 9.73. The normalized spacial score (nSPS) is 15.9. The van der Waals surface area contributed by atoms with E-state index in [4.69, 9.17) is 0 Å². The fourth-order valence-corrected chi connectivity index (χ4v) is 3.75. The topological polar surface area (TPSA) is 35.6 Å². The molecule has 5 heteroatoms. The fourth-order valence-electron chi connectivity index (χ4n) is 3.11. The van der Waals surface area contributed by atoms with E-state index in [-0.39, 0.29) is 5.91 Å². The highest BCUT2D eigenvalue weighted by molar-refractivity contribution is 14.1. The molecule has 1 N–H and O–H groups in total. The van der Waals surface area contributed by atoms with Crippen LogP contribution in [0.4, 0.5) is 5.69 Å². The number of nitrogens with one attached hydrogen (secondary N) is 1. The van der Waals surface area contributed by atoms with Crippen LogP contribution in [-0.2, 0) is 11.3 Å². The van der Waals surface area contributed by atoms with Crippen LogP contribution in [0.1, 0.15) is 11.1 Å². The van der Waals surface area contributed by atoms with Crippen molar-refractivity contribution in [1.82, 2.24) is 9.80 Å². The number of amides is 1. The zero-order valence-corrected chi connectivity index (χ0v) is 16.7. The first kappa shape index (κ1) is 18.4. The molecular formula is C20H24IN3O. The minimum Gasteiger partial charge on any atom is -0.325 e. The van der Waals surface area contributed by atoms with Gasteiger partial charge >= 0.3 is 0 Å². The van der Waals surface area contributed by atoms with E-state index in [0.717, 1.165) is 44.0 Å². The molecule has 0 unspecified atom stereocenters. The Bertz CT molecular complexity index is 712. The van der Waals surface area contributed by atoms with Gasteiger partial charge in [-0.15, -0.1) is 0 Å². The SMILES string of the molecule is Cc1cc(I)ccc1NC(=O)CN1CCN(Cc2ccccc2)CC1. The molecule has 1 amide bonds. The maximum atomic E-state index is 12.3. The summed E-state index contributed by atoms with van der Waals surface area (Å²) < 4.78 is 1.18. The van der Waals surface area contributed by atoms with Crippen LogP contribution in [0.25, 0.3) is 0 Å². The zero-order valence-electron chi connectivity index (χ0n) is 14.5. The highest BCUT2D eigenvalue weighted by Gasteiger charge is 2.19. The zero-order chi connectivity index (χ0) is 17.6. The van der Waals surface area contributed by atoms with Crippen LogP contribution in [0.5, 0.6) is 0 Å². The molecule has 1 saturated heterocycles. The minimum atomic E-state index is 0.0702. The summed E-state index contributed by atoms with van der Waals surface area (Å²) in [6.07, 6.45) is 0. The monoisotopic (exact) mass is 449 g/mol. The Kier molecular flexibility index (Phi) is 6.45. The number of rotatable bonds is 5. The smallest absolute Gasteiger partial charge is 0.238 e. The molecule has 2 aromatic carbocycles. The number of carbonyl (C=O) groups excluding carboxylic acids is 1. The molecule has 1 aliphatic heterocycles. The summed E-state index contributed by atoms with van der Waals surface area (Å²) in [4.78, 5) is 17.0. The van der Waals surface area contributed by atoms with E-state index in [1.54, 1.807) is 0 Å². The summed E-state index contributed by atoms with van der Waals surface area (Å²) in [7, 11) is 0. The van der Waals surface area contributed by atoms with Gasteiger partial charge in [-0.2, -0.15) is 0 Å². The maximum Gasteiger partial charge on any atom is 0.238 e. The molecule has 0 bridgehead atoms. The van der Waals surface area contributed by atoms with E-state index in [2.05, 4.69) is 74.1 Å². The quantitative estimate of drug-likeness (QED) is 0.712. The molecule has 0 atom stereocenters. The van der Waals surface area contributed by atoms with Crippen LogP contribution >= 0.6 is 22.6 Å². The molecule has 4 nitrogen and oxygen atoms in total. The van der Waals surface area contributed by atoms with Crippen molar-refractivity contribution in [2.75, 3.05) is 38.0 Å². The number of carbonyl (C=O) groups is 1. The van der Waals surface area contributed by atoms with E-state index < -0.39 is 0 Å². The molecule has 25 heavy (non-hydrogen) atoms. The average molecular weight is 449 g/mol. The van der Waals surface area contributed by atoms with Gasteiger partial charge in [-0.1, -0.05) is 30.3 Å². The predicted octanol–water partition coefficient (Wildman–Crippen LogP) is 3.36. The van der Waals surface area contributed by atoms with Crippen LogP contribution in [-0.4, -0.2) is 48.4 Å². The average Bonchev–Trinajstić information content (AvgIpc) is 2.60. The van der Waals surface area contributed by atoms with Crippen molar-refractivity contribution in [3.63, 3.8) is 0 Å². The van der Waals surface area contributed by atoms with Crippen LogP contribution in [0.15, 0.2) is 48.5 Å². The third kappa shape index (κ3) is 5.52. The van der Waals surface area contributed by atoms with Crippen molar-refractivity contribution in [1.29, 1.82) is 0 Å². The highest BCUT2D eigenvalue weighted by Crippen LogP contribution is 2.17.